The normalized spacial score (nSPS) is 12.6. The molecule has 0 heterocycles. The van der Waals surface area contributed by atoms with Gasteiger partial charge < -0.3 is 10.6 Å². The summed E-state index contributed by atoms with van der Waals surface area (Å²) in [6.45, 7) is 1.09. The van der Waals surface area contributed by atoms with Gasteiger partial charge >= 0.3 is 18.0 Å². The molecule has 0 aliphatic carbocycles. The molecule has 164 valence electrons. The van der Waals surface area contributed by atoms with Gasteiger partial charge in [-0.2, -0.15) is 26.3 Å². The van der Waals surface area contributed by atoms with Crippen LogP contribution in [0, 0.1) is 16.3 Å². The lowest BCUT2D eigenvalue weighted by Gasteiger charge is -2.31. The predicted octanol–water partition coefficient (Wildman–Crippen LogP) is 6.32. The van der Waals surface area contributed by atoms with E-state index in [2.05, 4.69) is 10.6 Å². The number of hydrogen-bond acceptors (Lipinski definition) is 2. The summed E-state index contributed by atoms with van der Waals surface area (Å²) in [4.78, 5) is 12.4. The van der Waals surface area contributed by atoms with Crippen LogP contribution in [0.1, 0.15) is 21.5 Å². The van der Waals surface area contributed by atoms with Crippen molar-refractivity contribution in [2.24, 2.45) is 0 Å². The van der Waals surface area contributed by atoms with E-state index in [1.54, 1.807) is 0 Å². The van der Waals surface area contributed by atoms with Crippen molar-refractivity contribution in [2.45, 2.75) is 24.9 Å². The standard InChI is InChI=1S/C18H13F8IN2O/c1-8-6-9(16(20,17(21,22)23)18(24,25)26)7-11(27)14(8)29-15(30)10-4-3-5-12(28-2)13(10)19/h3-7,28H,1-2H3,(H,29,30). The fourth-order valence-electron chi connectivity index (χ4n) is 2.67. The fourth-order valence-corrected chi connectivity index (χ4v) is 3.57. The van der Waals surface area contributed by atoms with E-state index in [0.717, 1.165) is 13.0 Å². The van der Waals surface area contributed by atoms with Crippen LogP contribution in [0.4, 0.5) is 46.5 Å². The van der Waals surface area contributed by atoms with Crippen LogP contribution >= 0.6 is 22.6 Å². The number of amides is 1. The first kappa shape index (κ1) is 24.2. The summed E-state index contributed by atoms with van der Waals surface area (Å²) in [5.74, 6) is -1.89. The zero-order valence-corrected chi connectivity index (χ0v) is 17.4. The van der Waals surface area contributed by atoms with Gasteiger partial charge in [0.1, 0.15) is 0 Å². The molecule has 3 nitrogen and oxygen atoms in total. The van der Waals surface area contributed by atoms with E-state index in [1.807, 2.05) is 0 Å². The molecule has 0 aliphatic heterocycles. The number of benzene rings is 2. The second-order valence-electron chi connectivity index (χ2n) is 6.18. The van der Waals surface area contributed by atoms with E-state index < -0.39 is 40.9 Å². The monoisotopic (exact) mass is 552 g/mol. The molecule has 0 atom stereocenters. The minimum Gasteiger partial charge on any atom is -0.386 e. The van der Waals surface area contributed by atoms with Gasteiger partial charge in [-0.3, -0.25) is 4.79 Å². The summed E-state index contributed by atoms with van der Waals surface area (Å²) >= 11 is 1.36. The molecule has 0 saturated carbocycles. The maximum Gasteiger partial charge on any atom is 0.435 e. The molecule has 0 bridgehead atoms. The topological polar surface area (TPSA) is 41.1 Å². The Kier molecular flexibility index (Phi) is 6.60. The molecule has 2 aromatic carbocycles. The smallest absolute Gasteiger partial charge is 0.386 e. The first-order valence-electron chi connectivity index (χ1n) is 8.05. The van der Waals surface area contributed by atoms with E-state index in [1.165, 1.54) is 41.8 Å². The molecule has 2 rings (SSSR count). The maximum absolute atomic E-state index is 14.3. The van der Waals surface area contributed by atoms with Crippen molar-refractivity contribution >= 4 is 39.9 Å². The van der Waals surface area contributed by atoms with Gasteiger partial charge in [0, 0.05) is 16.2 Å². The lowest BCUT2D eigenvalue weighted by atomic mass is 9.92. The van der Waals surface area contributed by atoms with Crippen LogP contribution in [-0.2, 0) is 5.67 Å². The first-order chi connectivity index (χ1) is 13.6. The van der Waals surface area contributed by atoms with E-state index in [9.17, 15) is 39.9 Å². The van der Waals surface area contributed by atoms with Crippen LogP contribution in [0.3, 0.4) is 0 Å². The summed E-state index contributed by atoms with van der Waals surface area (Å²) in [6, 6.07) is 4.55. The Morgan fingerprint density at radius 1 is 1.00 bits per heavy atom. The highest BCUT2D eigenvalue weighted by molar-refractivity contribution is 14.1. The van der Waals surface area contributed by atoms with Gasteiger partial charge in [0.2, 0.25) is 0 Å². The molecule has 0 radical (unpaired) electrons. The highest BCUT2D eigenvalue weighted by Gasteiger charge is 2.73. The fraction of sp³-hybridized carbons (Fsp3) is 0.278. The van der Waals surface area contributed by atoms with Crippen LogP contribution in [-0.4, -0.2) is 25.3 Å². The Morgan fingerprint density at radius 3 is 2.03 bits per heavy atom. The second kappa shape index (κ2) is 8.19. The molecule has 0 aromatic heterocycles. The first-order valence-corrected chi connectivity index (χ1v) is 9.13. The molecule has 1 amide bonds. The van der Waals surface area contributed by atoms with Crippen LogP contribution in [0.5, 0.6) is 0 Å². The number of halogens is 9. The number of nitrogens with one attached hydrogen (secondary N) is 2. The van der Waals surface area contributed by atoms with Crippen LogP contribution < -0.4 is 10.6 Å². The Bertz CT molecular complexity index is 935. The summed E-state index contributed by atoms with van der Waals surface area (Å²) in [6.07, 6.45) is -12.5. The molecule has 2 N–H and O–H groups in total. The minimum atomic E-state index is -6.26. The Balaban J connectivity index is 2.51. The van der Waals surface area contributed by atoms with Gasteiger partial charge in [-0.25, -0.2) is 8.78 Å². The Hall–Kier alpha value is -2.12. The number of carbonyl (C=O) groups is 1. The van der Waals surface area contributed by atoms with Crippen molar-refractivity contribution < 1.29 is 39.9 Å². The second-order valence-corrected chi connectivity index (χ2v) is 7.34. The third-order valence-corrected chi connectivity index (χ3v) is 5.07. The molecule has 0 fully saturated rings. The van der Waals surface area contributed by atoms with Crippen molar-refractivity contribution in [1.29, 1.82) is 0 Å². The van der Waals surface area contributed by atoms with E-state index in [4.69, 9.17) is 0 Å². The Labute approximate surface area is 179 Å². The lowest BCUT2D eigenvalue weighted by Crippen LogP contribution is -2.50. The van der Waals surface area contributed by atoms with E-state index in [-0.39, 0.29) is 20.5 Å². The molecule has 0 saturated heterocycles. The van der Waals surface area contributed by atoms with Crippen LogP contribution in [0.25, 0.3) is 0 Å². The largest absolute Gasteiger partial charge is 0.435 e. The molecular weight excluding hydrogens is 539 g/mol. The van der Waals surface area contributed by atoms with Gasteiger partial charge in [0.05, 0.1) is 16.9 Å². The highest BCUT2D eigenvalue weighted by Crippen LogP contribution is 2.53. The quantitative estimate of drug-likeness (QED) is 0.345. The number of hydrogen-bond donors (Lipinski definition) is 2. The number of carbonyl (C=O) groups excluding carboxylic acids is 1. The third kappa shape index (κ3) is 4.18. The summed E-state index contributed by atoms with van der Waals surface area (Å²) < 4.78 is 106. The summed E-state index contributed by atoms with van der Waals surface area (Å²) in [5.41, 5.74) is -8.13. The zero-order valence-electron chi connectivity index (χ0n) is 15.2. The van der Waals surface area contributed by atoms with Gasteiger partial charge in [-0.15, -0.1) is 0 Å². The number of anilines is 2. The summed E-state index contributed by atoms with van der Waals surface area (Å²) in [5, 5.41) is 4.76. The van der Waals surface area contributed by atoms with Crippen molar-refractivity contribution in [3.8, 4) is 0 Å². The number of aryl methyl sites for hydroxylation is 1. The third-order valence-electron chi connectivity index (χ3n) is 4.22. The van der Waals surface area contributed by atoms with Gasteiger partial charge in [-0.05, 0) is 53.3 Å². The molecule has 12 heteroatoms. The van der Waals surface area contributed by atoms with Crippen molar-refractivity contribution in [2.75, 3.05) is 17.7 Å². The van der Waals surface area contributed by atoms with E-state index >= 15 is 0 Å². The van der Waals surface area contributed by atoms with Gasteiger partial charge in [-0.1, -0.05) is 12.1 Å². The number of alkyl halides is 7. The van der Waals surface area contributed by atoms with Crippen LogP contribution in [0.15, 0.2) is 30.3 Å². The van der Waals surface area contributed by atoms with Crippen molar-refractivity contribution in [1.82, 2.24) is 0 Å². The number of rotatable bonds is 4. The van der Waals surface area contributed by atoms with E-state index in [0.29, 0.717) is 12.1 Å². The predicted molar refractivity (Wildman–Crippen MR) is 103 cm³/mol. The molecule has 30 heavy (non-hydrogen) atoms. The zero-order chi connectivity index (χ0) is 23.1. The van der Waals surface area contributed by atoms with Crippen molar-refractivity contribution in [3.05, 3.63) is 56.4 Å². The highest BCUT2D eigenvalue weighted by atomic mass is 127. The van der Waals surface area contributed by atoms with Gasteiger partial charge in [0.15, 0.2) is 5.82 Å². The maximum atomic E-state index is 14.3. The average molecular weight is 552 g/mol. The molecule has 0 spiro atoms. The molecular formula is C18H13F8IN2O. The minimum absolute atomic E-state index is 0.00184. The SMILES string of the molecule is CNc1cccc(C(=O)Nc2c(C)cc(C(F)(C(F)(F)F)C(F)(F)F)cc2I)c1F. The average Bonchev–Trinajstić information content (AvgIpc) is 2.61. The van der Waals surface area contributed by atoms with Crippen molar-refractivity contribution in [3.63, 3.8) is 0 Å². The van der Waals surface area contributed by atoms with Crippen LogP contribution in [0.2, 0.25) is 0 Å². The molecule has 2 aromatic rings. The lowest BCUT2D eigenvalue weighted by molar-refractivity contribution is -0.348. The summed E-state index contributed by atoms with van der Waals surface area (Å²) in [7, 11) is 1.41. The molecule has 0 unspecified atom stereocenters. The molecule has 0 aliphatic rings. The van der Waals surface area contributed by atoms with Gasteiger partial charge in [0.25, 0.3) is 5.91 Å². The Morgan fingerprint density at radius 2 is 1.57 bits per heavy atom.